The summed E-state index contributed by atoms with van der Waals surface area (Å²) in [5.41, 5.74) is 9.65. The van der Waals surface area contributed by atoms with Crippen molar-refractivity contribution in [2.24, 2.45) is 0 Å². The van der Waals surface area contributed by atoms with Gasteiger partial charge in [0, 0.05) is 52.9 Å². The Balaban J connectivity index is 1.32. The molecular formula is C38H28N2S2. The second-order valence-corrected chi connectivity index (χ2v) is 13.6. The van der Waals surface area contributed by atoms with Crippen molar-refractivity contribution in [1.29, 1.82) is 5.26 Å². The number of allylic oxidation sites excluding steroid dienone is 4. The van der Waals surface area contributed by atoms with E-state index in [1.807, 2.05) is 41.3 Å². The Bertz CT molecular complexity index is 2180. The van der Waals surface area contributed by atoms with Gasteiger partial charge in [0.05, 0.1) is 22.8 Å². The summed E-state index contributed by atoms with van der Waals surface area (Å²) in [7, 11) is 0. The molecule has 202 valence electrons. The van der Waals surface area contributed by atoms with Gasteiger partial charge in [0.15, 0.2) is 0 Å². The van der Waals surface area contributed by atoms with E-state index in [4.69, 9.17) is 0 Å². The summed E-state index contributed by atoms with van der Waals surface area (Å²) in [6.07, 6.45) is 11.2. The fraction of sp³-hybridized carbons (Fsp3) is 0.132. The number of aryl methyl sites for hydroxylation is 1. The number of thiophene rings is 1. The van der Waals surface area contributed by atoms with E-state index in [1.54, 1.807) is 0 Å². The van der Waals surface area contributed by atoms with Crippen molar-refractivity contribution in [3.05, 3.63) is 132 Å². The number of aromatic nitrogens is 1. The molecule has 0 N–H and O–H groups in total. The van der Waals surface area contributed by atoms with Crippen LogP contribution in [0.2, 0.25) is 0 Å². The Morgan fingerprint density at radius 3 is 2.74 bits per heavy atom. The SMILES string of the molecule is C=C/C(=C\C1c2c(ccc3c2sc2ccc(C#N)cc23)SC1C)c1ccccc1-n1c2c(c3ccccc31)CCC=C2. The van der Waals surface area contributed by atoms with Gasteiger partial charge in [0.1, 0.15) is 0 Å². The zero-order chi connectivity index (χ0) is 28.4. The van der Waals surface area contributed by atoms with Crippen LogP contribution in [0.15, 0.2) is 109 Å². The molecule has 0 spiro atoms. The molecule has 2 aliphatic rings. The third-order valence-electron chi connectivity index (χ3n) is 8.81. The third-order valence-corrected chi connectivity index (χ3v) is 11.3. The van der Waals surface area contributed by atoms with Crippen molar-refractivity contribution < 1.29 is 0 Å². The first-order valence-electron chi connectivity index (χ1n) is 14.4. The molecule has 0 radical (unpaired) electrons. The Hall–Kier alpha value is -4.30. The fourth-order valence-corrected chi connectivity index (χ4v) is 9.50. The minimum Gasteiger partial charge on any atom is -0.309 e. The van der Waals surface area contributed by atoms with Crippen LogP contribution in [0.3, 0.4) is 0 Å². The van der Waals surface area contributed by atoms with Crippen molar-refractivity contribution >= 4 is 65.8 Å². The average molecular weight is 577 g/mol. The summed E-state index contributed by atoms with van der Waals surface area (Å²) in [6, 6.07) is 30.5. The molecule has 2 aromatic heterocycles. The summed E-state index contributed by atoms with van der Waals surface area (Å²) in [4.78, 5) is 1.36. The van der Waals surface area contributed by atoms with Crippen LogP contribution in [-0.2, 0) is 6.42 Å². The maximum Gasteiger partial charge on any atom is 0.0991 e. The zero-order valence-electron chi connectivity index (χ0n) is 23.3. The molecule has 42 heavy (non-hydrogen) atoms. The number of hydrogen-bond donors (Lipinski definition) is 0. The summed E-state index contributed by atoms with van der Waals surface area (Å²) in [6.45, 7) is 6.66. The summed E-state index contributed by atoms with van der Waals surface area (Å²) >= 11 is 3.81. The first-order chi connectivity index (χ1) is 20.7. The van der Waals surface area contributed by atoms with Gasteiger partial charge < -0.3 is 4.57 Å². The highest BCUT2D eigenvalue weighted by Gasteiger charge is 2.32. The van der Waals surface area contributed by atoms with Crippen molar-refractivity contribution in [2.45, 2.75) is 35.8 Å². The Kier molecular flexibility index (Phi) is 6.00. The predicted octanol–water partition coefficient (Wildman–Crippen LogP) is 10.7. The van der Waals surface area contributed by atoms with Crippen LogP contribution in [0, 0.1) is 11.3 Å². The normalized spacial score (nSPS) is 18.0. The van der Waals surface area contributed by atoms with E-state index in [1.165, 1.54) is 64.0 Å². The maximum absolute atomic E-state index is 9.52. The molecule has 2 unspecified atom stereocenters. The molecule has 0 bridgehead atoms. The quantitative estimate of drug-likeness (QED) is 0.195. The minimum absolute atomic E-state index is 0.244. The van der Waals surface area contributed by atoms with Crippen molar-refractivity contribution in [1.82, 2.24) is 4.57 Å². The predicted molar refractivity (Wildman–Crippen MR) is 181 cm³/mol. The summed E-state index contributed by atoms with van der Waals surface area (Å²) in [5, 5.41) is 13.7. The van der Waals surface area contributed by atoms with Crippen LogP contribution >= 0.6 is 23.1 Å². The monoisotopic (exact) mass is 576 g/mol. The molecule has 2 nitrogen and oxygen atoms in total. The minimum atomic E-state index is 0.244. The Morgan fingerprint density at radius 2 is 1.86 bits per heavy atom. The number of rotatable bonds is 4. The third kappa shape index (κ3) is 3.78. The topological polar surface area (TPSA) is 28.7 Å². The molecule has 6 aromatic rings. The van der Waals surface area contributed by atoms with E-state index in [0.29, 0.717) is 10.8 Å². The Morgan fingerprint density at radius 1 is 1.00 bits per heavy atom. The van der Waals surface area contributed by atoms with E-state index in [9.17, 15) is 5.26 Å². The van der Waals surface area contributed by atoms with Crippen molar-refractivity contribution in [3.63, 3.8) is 0 Å². The lowest BCUT2D eigenvalue weighted by molar-refractivity contribution is 0.848. The standard InChI is InChI=1S/C38H28N2S2/c1-3-25(26-10-4-7-13-32(26)40-33-14-8-5-11-27(33)28-12-6-9-15-34(28)40)21-30-23(2)41-36-19-17-29-31-20-24(22-39)16-18-35(31)42-38(29)37(30)36/h3-5,7-11,13-21,23,30H,1,6,12H2,2H3/b25-21+. The molecule has 0 amide bonds. The van der Waals surface area contributed by atoms with Gasteiger partial charge in [-0.3, -0.25) is 0 Å². The average Bonchev–Trinajstić information content (AvgIpc) is 3.68. The van der Waals surface area contributed by atoms with Crippen LogP contribution in [0.25, 0.3) is 48.4 Å². The molecule has 2 atom stereocenters. The van der Waals surface area contributed by atoms with Crippen LogP contribution in [0.5, 0.6) is 0 Å². The molecule has 1 aliphatic carbocycles. The highest BCUT2D eigenvalue weighted by molar-refractivity contribution is 8.00. The lowest BCUT2D eigenvalue weighted by Crippen LogP contribution is -2.06. The number of fused-ring (bicyclic) bond motifs is 8. The molecule has 1 aliphatic heterocycles. The van der Waals surface area contributed by atoms with Gasteiger partial charge in [-0.25, -0.2) is 0 Å². The molecule has 0 saturated carbocycles. The Labute approximate surface area is 253 Å². The molecule has 4 aromatic carbocycles. The zero-order valence-corrected chi connectivity index (χ0v) is 24.9. The van der Waals surface area contributed by atoms with Crippen LogP contribution in [-0.4, -0.2) is 9.82 Å². The molecular weight excluding hydrogens is 549 g/mol. The number of nitriles is 1. The van der Waals surface area contributed by atoms with Gasteiger partial charge in [0.25, 0.3) is 0 Å². The van der Waals surface area contributed by atoms with E-state index in [-0.39, 0.29) is 5.92 Å². The first-order valence-corrected chi connectivity index (χ1v) is 16.1. The van der Waals surface area contributed by atoms with E-state index in [2.05, 4.69) is 109 Å². The molecule has 4 heteroatoms. The highest BCUT2D eigenvalue weighted by atomic mass is 32.2. The number of benzene rings is 4. The van der Waals surface area contributed by atoms with E-state index < -0.39 is 0 Å². The summed E-state index contributed by atoms with van der Waals surface area (Å²) in [5.74, 6) is 0.244. The molecule has 0 saturated heterocycles. The van der Waals surface area contributed by atoms with E-state index >= 15 is 0 Å². The van der Waals surface area contributed by atoms with Crippen molar-refractivity contribution in [3.8, 4) is 11.8 Å². The van der Waals surface area contributed by atoms with E-state index in [0.717, 1.165) is 18.4 Å². The number of thioether (sulfide) groups is 1. The number of nitrogens with zero attached hydrogens (tertiary/aromatic N) is 2. The number of hydrogen-bond acceptors (Lipinski definition) is 3. The lowest BCUT2D eigenvalue weighted by atomic mass is 9.90. The fourth-order valence-electron chi connectivity index (χ4n) is 6.88. The van der Waals surface area contributed by atoms with Crippen LogP contribution in [0.1, 0.15) is 47.2 Å². The largest absolute Gasteiger partial charge is 0.309 e. The van der Waals surface area contributed by atoms with Gasteiger partial charge in [-0.1, -0.05) is 74.2 Å². The molecule has 0 fully saturated rings. The molecule has 3 heterocycles. The van der Waals surface area contributed by atoms with Crippen LogP contribution < -0.4 is 0 Å². The van der Waals surface area contributed by atoms with Gasteiger partial charge in [-0.05, 0) is 72.0 Å². The summed E-state index contributed by atoms with van der Waals surface area (Å²) < 4.78 is 5.02. The van der Waals surface area contributed by atoms with Gasteiger partial charge in [-0.2, -0.15) is 5.26 Å². The highest BCUT2D eigenvalue weighted by Crippen LogP contribution is 2.52. The lowest BCUT2D eigenvalue weighted by Gasteiger charge is -2.19. The smallest absolute Gasteiger partial charge is 0.0991 e. The van der Waals surface area contributed by atoms with Crippen molar-refractivity contribution in [2.75, 3.05) is 0 Å². The van der Waals surface area contributed by atoms with Gasteiger partial charge in [0.2, 0.25) is 0 Å². The first kappa shape index (κ1) is 25.4. The van der Waals surface area contributed by atoms with Crippen LogP contribution in [0.4, 0.5) is 0 Å². The second-order valence-electron chi connectivity index (χ2n) is 11.1. The second kappa shape index (κ2) is 9.91. The molecule has 8 rings (SSSR count). The van der Waals surface area contributed by atoms with Gasteiger partial charge in [-0.15, -0.1) is 23.1 Å². The van der Waals surface area contributed by atoms with Gasteiger partial charge >= 0.3 is 0 Å². The number of para-hydroxylation sites is 2. The maximum atomic E-state index is 9.52.